The summed E-state index contributed by atoms with van der Waals surface area (Å²) in [6.45, 7) is 3.61. The van der Waals surface area contributed by atoms with Crippen LogP contribution >= 0.6 is 0 Å². The van der Waals surface area contributed by atoms with Crippen molar-refractivity contribution >= 4 is 22.8 Å². The van der Waals surface area contributed by atoms with E-state index >= 15 is 0 Å². The summed E-state index contributed by atoms with van der Waals surface area (Å²) >= 11 is 0. The van der Waals surface area contributed by atoms with Crippen molar-refractivity contribution in [3.05, 3.63) is 23.9 Å². The zero-order chi connectivity index (χ0) is 13.2. The van der Waals surface area contributed by atoms with Gasteiger partial charge in [0.15, 0.2) is 0 Å². The number of carbonyl (C=O) groups is 1. The van der Waals surface area contributed by atoms with Crippen molar-refractivity contribution in [1.82, 2.24) is 15.3 Å². The molecular formula is C14H18N4O. The highest BCUT2D eigenvalue weighted by Gasteiger charge is 2.19. The van der Waals surface area contributed by atoms with Crippen LogP contribution in [0, 0.1) is 0 Å². The molecule has 1 saturated heterocycles. The highest BCUT2D eigenvalue weighted by molar-refractivity contribution is 5.90. The highest BCUT2D eigenvalue weighted by atomic mass is 16.1. The average molecular weight is 258 g/mol. The van der Waals surface area contributed by atoms with E-state index in [1.165, 1.54) is 12.5 Å². The number of aromatic amines is 1. The highest BCUT2D eigenvalue weighted by Crippen LogP contribution is 2.30. The second-order valence-electron chi connectivity index (χ2n) is 5.04. The molecule has 3 N–H and O–H groups in total. The monoisotopic (exact) mass is 258 g/mol. The molecule has 1 fully saturated rings. The first-order valence-electron chi connectivity index (χ1n) is 6.70. The Morgan fingerprint density at radius 2 is 2.16 bits per heavy atom. The molecule has 0 aromatic carbocycles. The summed E-state index contributed by atoms with van der Waals surface area (Å²) < 4.78 is 0. The lowest BCUT2D eigenvalue weighted by atomic mass is 9.91. The Hall–Kier alpha value is -1.88. The molecule has 0 spiro atoms. The fraction of sp³-hybridized carbons (Fsp3) is 0.429. The summed E-state index contributed by atoms with van der Waals surface area (Å²) in [7, 11) is 0. The van der Waals surface area contributed by atoms with Crippen molar-refractivity contribution in [2.24, 2.45) is 0 Å². The lowest BCUT2D eigenvalue weighted by Crippen LogP contribution is -2.26. The van der Waals surface area contributed by atoms with Crippen molar-refractivity contribution in [2.75, 3.05) is 18.4 Å². The van der Waals surface area contributed by atoms with Gasteiger partial charge in [0.2, 0.25) is 5.91 Å². The number of amides is 1. The minimum atomic E-state index is -0.0918. The first-order valence-corrected chi connectivity index (χ1v) is 6.70. The summed E-state index contributed by atoms with van der Waals surface area (Å²) in [6, 6.07) is 3.80. The van der Waals surface area contributed by atoms with E-state index in [0.717, 1.165) is 37.0 Å². The number of nitrogens with one attached hydrogen (secondary N) is 3. The van der Waals surface area contributed by atoms with Crippen molar-refractivity contribution in [3.8, 4) is 0 Å². The van der Waals surface area contributed by atoms with Crippen molar-refractivity contribution in [2.45, 2.75) is 25.7 Å². The van der Waals surface area contributed by atoms with Crippen LogP contribution < -0.4 is 10.6 Å². The van der Waals surface area contributed by atoms with Crippen LogP contribution in [0.4, 0.5) is 5.82 Å². The fourth-order valence-electron chi connectivity index (χ4n) is 2.71. The molecule has 5 heteroatoms. The minimum Gasteiger partial charge on any atom is -0.360 e. The Morgan fingerprint density at radius 3 is 2.89 bits per heavy atom. The van der Waals surface area contributed by atoms with Crippen LogP contribution in [0.5, 0.6) is 0 Å². The summed E-state index contributed by atoms with van der Waals surface area (Å²) in [5.41, 5.74) is 3.28. The van der Waals surface area contributed by atoms with E-state index in [0.29, 0.717) is 11.7 Å². The lowest BCUT2D eigenvalue weighted by Gasteiger charge is -2.21. The second-order valence-corrected chi connectivity index (χ2v) is 5.04. The van der Waals surface area contributed by atoms with Crippen LogP contribution in [0.25, 0.3) is 11.0 Å². The van der Waals surface area contributed by atoms with Gasteiger partial charge in [-0.15, -0.1) is 0 Å². The van der Waals surface area contributed by atoms with Gasteiger partial charge >= 0.3 is 0 Å². The number of rotatable bonds is 2. The predicted molar refractivity (Wildman–Crippen MR) is 75.2 cm³/mol. The van der Waals surface area contributed by atoms with Crippen LogP contribution in [-0.2, 0) is 4.79 Å². The van der Waals surface area contributed by atoms with Gasteiger partial charge in [0.25, 0.3) is 0 Å². The lowest BCUT2D eigenvalue weighted by molar-refractivity contribution is -0.114. The maximum absolute atomic E-state index is 11.1. The van der Waals surface area contributed by atoms with E-state index < -0.39 is 0 Å². The number of pyridine rings is 1. The van der Waals surface area contributed by atoms with Crippen molar-refractivity contribution in [3.63, 3.8) is 0 Å². The standard InChI is InChI=1S/C14H18N4O/c1-9(19)17-13-3-2-12-14(18-13)11(8-16-12)10-4-6-15-7-5-10/h2-3,8,10,15-16H,4-7H2,1H3,(H,17,18,19). The Morgan fingerprint density at radius 1 is 1.37 bits per heavy atom. The maximum atomic E-state index is 11.1. The van der Waals surface area contributed by atoms with Gasteiger partial charge in [-0.05, 0) is 49.5 Å². The van der Waals surface area contributed by atoms with Crippen molar-refractivity contribution in [1.29, 1.82) is 0 Å². The SMILES string of the molecule is CC(=O)Nc1ccc2[nH]cc(C3CCNCC3)c2n1. The molecule has 2 aromatic rings. The molecule has 0 radical (unpaired) electrons. The van der Waals surface area contributed by atoms with E-state index in [1.807, 2.05) is 12.1 Å². The zero-order valence-electron chi connectivity index (χ0n) is 11.0. The smallest absolute Gasteiger partial charge is 0.222 e. The fourth-order valence-corrected chi connectivity index (χ4v) is 2.71. The molecule has 2 aromatic heterocycles. The summed E-state index contributed by atoms with van der Waals surface area (Å²) in [4.78, 5) is 18.9. The van der Waals surface area contributed by atoms with Gasteiger partial charge in [-0.3, -0.25) is 4.79 Å². The molecule has 1 amide bonds. The first kappa shape index (κ1) is 12.2. The molecule has 0 aliphatic carbocycles. The normalized spacial score (nSPS) is 16.7. The third-order valence-electron chi connectivity index (χ3n) is 3.63. The Labute approximate surface area is 111 Å². The number of fused-ring (bicyclic) bond motifs is 1. The second kappa shape index (κ2) is 5.01. The molecule has 0 unspecified atom stereocenters. The molecule has 100 valence electrons. The van der Waals surface area contributed by atoms with E-state index in [4.69, 9.17) is 0 Å². The van der Waals surface area contributed by atoms with E-state index in [2.05, 4.69) is 26.8 Å². The van der Waals surface area contributed by atoms with Gasteiger partial charge in [0.05, 0.1) is 11.0 Å². The number of H-pyrrole nitrogens is 1. The van der Waals surface area contributed by atoms with Gasteiger partial charge < -0.3 is 15.6 Å². The third kappa shape index (κ3) is 2.46. The molecule has 0 bridgehead atoms. The van der Waals surface area contributed by atoms with Gasteiger partial charge in [-0.1, -0.05) is 0 Å². The van der Waals surface area contributed by atoms with Gasteiger partial charge in [0, 0.05) is 13.1 Å². The first-order chi connectivity index (χ1) is 9.24. The Balaban J connectivity index is 1.97. The van der Waals surface area contributed by atoms with Crippen LogP contribution in [0.2, 0.25) is 0 Å². The summed E-state index contributed by atoms with van der Waals surface area (Å²) in [6.07, 6.45) is 4.34. The zero-order valence-corrected chi connectivity index (χ0v) is 11.0. The number of anilines is 1. The largest absolute Gasteiger partial charge is 0.360 e. The van der Waals surface area contributed by atoms with E-state index in [9.17, 15) is 4.79 Å². The molecular weight excluding hydrogens is 240 g/mol. The molecule has 0 saturated carbocycles. The number of hydrogen-bond donors (Lipinski definition) is 3. The molecule has 3 rings (SSSR count). The molecule has 1 aliphatic heterocycles. The molecule has 1 aliphatic rings. The third-order valence-corrected chi connectivity index (χ3v) is 3.63. The maximum Gasteiger partial charge on any atom is 0.222 e. The number of aromatic nitrogens is 2. The molecule has 19 heavy (non-hydrogen) atoms. The average Bonchev–Trinajstić information content (AvgIpc) is 2.82. The number of hydrogen-bond acceptors (Lipinski definition) is 3. The van der Waals surface area contributed by atoms with Crippen LogP contribution in [-0.4, -0.2) is 29.0 Å². The van der Waals surface area contributed by atoms with Crippen molar-refractivity contribution < 1.29 is 4.79 Å². The number of carbonyl (C=O) groups excluding carboxylic acids is 1. The van der Waals surface area contributed by atoms with Gasteiger partial charge in [0.1, 0.15) is 5.82 Å². The van der Waals surface area contributed by atoms with Gasteiger partial charge in [-0.2, -0.15) is 0 Å². The van der Waals surface area contributed by atoms with E-state index in [1.54, 1.807) is 0 Å². The molecule has 5 nitrogen and oxygen atoms in total. The minimum absolute atomic E-state index is 0.0918. The topological polar surface area (TPSA) is 69.8 Å². The number of piperidine rings is 1. The molecule has 3 heterocycles. The van der Waals surface area contributed by atoms with E-state index in [-0.39, 0.29) is 5.91 Å². The summed E-state index contributed by atoms with van der Waals surface area (Å²) in [5.74, 6) is 1.08. The molecule has 0 atom stereocenters. The quantitative estimate of drug-likeness (QED) is 0.771. The Kier molecular flexibility index (Phi) is 3.21. The van der Waals surface area contributed by atoms with Crippen LogP contribution in [0.1, 0.15) is 31.2 Å². The predicted octanol–water partition coefficient (Wildman–Crippen LogP) is 1.99. The summed E-state index contributed by atoms with van der Waals surface area (Å²) in [5, 5.41) is 6.12. The number of nitrogens with zero attached hydrogens (tertiary/aromatic N) is 1. The Bertz CT molecular complexity index is 599. The van der Waals surface area contributed by atoms with Crippen LogP contribution in [0.15, 0.2) is 18.3 Å². The van der Waals surface area contributed by atoms with Gasteiger partial charge in [-0.25, -0.2) is 4.98 Å². The van der Waals surface area contributed by atoms with Crippen LogP contribution in [0.3, 0.4) is 0 Å².